The zero-order chi connectivity index (χ0) is 25.8. The number of anilines is 1. The average Bonchev–Trinajstić information content (AvgIpc) is 3.36. The smallest absolute Gasteiger partial charge is 0.341 e. The first kappa shape index (κ1) is 26.6. The Hall–Kier alpha value is -1.50. The van der Waals surface area contributed by atoms with Crippen LogP contribution in [0.5, 0.6) is 0 Å². The number of hydrogen-bond donors (Lipinski definition) is 2. The number of nitrogens with zero attached hydrogens (tertiary/aromatic N) is 1. The van der Waals surface area contributed by atoms with E-state index in [1.165, 1.54) is 28.8 Å². The lowest BCUT2D eigenvalue weighted by atomic mass is 9.81. The first-order valence-electron chi connectivity index (χ1n) is 11.4. The minimum absolute atomic E-state index is 0.0718. The molecule has 0 spiro atoms. The minimum atomic E-state index is -3.73. The Kier molecular flexibility index (Phi) is 7.15. The number of esters is 1. The summed E-state index contributed by atoms with van der Waals surface area (Å²) in [5, 5.41) is 7.00. The molecule has 2 aliphatic heterocycles. The maximum Gasteiger partial charge on any atom is 0.341 e. The molecule has 1 fully saturated rings. The number of carbonyl (C=O) groups excluding carboxylic acids is 2. The van der Waals surface area contributed by atoms with Crippen LogP contribution >= 0.6 is 34.3 Å². The van der Waals surface area contributed by atoms with Gasteiger partial charge in [-0.05, 0) is 64.7 Å². The van der Waals surface area contributed by atoms with Crippen molar-refractivity contribution in [1.82, 2.24) is 9.62 Å². The summed E-state index contributed by atoms with van der Waals surface area (Å²) in [7, 11) is -2.40. The molecule has 1 unspecified atom stereocenters. The van der Waals surface area contributed by atoms with Crippen molar-refractivity contribution in [2.24, 2.45) is 5.92 Å². The number of thiophene rings is 2. The fraction of sp³-hybridized carbons (Fsp3) is 0.565. The van der Waals surface area contributed by atoms with E-state index in [1.807, 2.05) is 0 Å². The molecule has 0 saturated carbocycles. The molecule has 35 heavy (non-hydrogen) atoms. The number of fused-ring (bicyclic) bond motifs is 1. The summed E-state index contributed by atoms with van der Waals surface area (Å²) in [5.41, 5.74) is 0.626. The highest BCUT2D eigenvalue weighted by Crippen LogP contribution is 2.45. The monoisotopic (exact) mass is 559 g/mol. The normalized spacial score (nSPS) is 21.8. The van der Waals surface area contributed by atoms with E-state index in [-0.39, 0.29) is 22.2 Å². The second kappa shape index (κ2) is 9.42. The van der Waals surface area contributed by atoms with Gasteiger partial charge in [-0.15, -0.1) is 22.7 Å². The van der Waals surface area contributed by atoms with Crippen LogP contribution < -0.4 is 10.6 Å². The van der Waals surface area contributed by atoms with Gasteiger partial charge in [0.1, 0.15) is 9.21 Å². The molecule has 4 rings (SSSR count). The number of methoxy groups -OCH3 is 1. The number of hydrogen-bond acceptors (Lipinski definition) is 8. The number of nitrogens with one attached hydrogen (secondary N) is 2. The second-order valence-electron chi connectivity index (χ2n) is 10.2. The number of piperidine rings is 1. The molecule has 1 saturated heterocycles. The highest BCUT2D eigenvalue weighted by molar-refractivity contribution is 7.91. The predicted octanol–water partition coefficient (Wildman–Crippen LogP) is 4.45. The fourth-order valence-electron chi connectivity index (χ4n) is 5.09. The van der Waals surface area contributed by atoms with E-state index in [4.69, 9.17) is 16.3 Å². The molecule has 12 heteroatoms. The summed E-state index contributed by atoms with van der Waals surface area (Å²) in [5.74, 6) is -1.34. The minimum Gasteiger partial charge on any atom is -0.465 e. The first-order chi connectivity index (χ1) is 16.2. The maximum atomic E-state index is 13.3. The van der Waals surface area contributed by atoms with E-state index in [1.54, 1.807) is 6.07 Å². The molecule has 2 aromatic heterocycles. The van der Waals surface area contributed by atoms with Gasteiger partial charge in [-0.3, -0.25) is 4.79 Å². The lowest BCUT2D eigenvalue weighted by Crippen LogP contribution is -2.55. The molecule has 2 aliphatic rings. The van der Waals surface area contributed by atoms with Gasteiger partial charge in [-0.1, -0.05) is 11.6 Å². The summed E-state index contributed by atoms with van der Waals surface area (Å²) in [4.78, 5) is 27.1. The van der Waals surface area contributed by atoms with Gasteiger partial charge in [0.05, 0.1) is 22.9 Å². The predicted molar refractivity (Wildman–Crippen MR) is 139 cm³/mol. The molecule has 2 aromatic rings. The quantitative estimate of drug-likeness (QED) is 0.524. The van der Waals surface area contributed by atoms with E-state index in [0.29, 0.717) is 40.7 Å². The molecule has 192 valence electrons. The Morgan fingerprint density at radius 3 is 2.57 bits per heavy atom. The van der Waals surface area contributed by atoms with Crippen LogP contribution in [0.25, 0.3) is 0 Å². The van der Waals surface area contributed by atoms with Crippen molar-refractivity contribution >= 4 is 61.2 Å². The van der Waals surface area contributed by atoms with Gasteiger partial charge in [-0.25, -0.2) is 13.2 Å². The molecule has 4 heterocycles. The Balaban J connectivity index is 1.60. The van der Waals surface area contributed by atoms with Gasteiger partial charge >= 0.3 is 5.97 Å². The first-order valence-corrected chi connectivity index (χ1v) is 14.8. The van der Waals surface area contributed by atoms with Crippen molar-refractivity contribution in [2.75, 3.05) is 25.5 Å². The maximum absolute atomic E-state index is 13.3. The number of ether oxygens (including phenoxy) is 1. The molecular weight excluding hydrogens is 530 g/mol. The van der Waals surface area contributed by atoms with Gasteiger partial charge in [0, 0.05) is 29.0 Å². The van der Waals surface area contributed by atoms with Crippen LogP contribution in [0, 0.1) is 5.92 Å². The zero-order valence-electron chi connectivity index (χ0n) is 20.4. The van der Waals surface area contributed by atoms with Crippen LogP contribution in [-0.2, 0) is 31.5 Å². The molecule has 0 aromatic carbocycles. The Morgan fingerprint density at radius 2 is 1.94 bits per heavy atom. The van der Waals surface area contributed by atoms with Crippen molar-refractivity contribution in [3.8, 4) is 0 Å². The number of halogens is 1. The summed E-state index contributed by atoms with van der Waals surface area (Å²) in [6, 6.07) is 3.04. The van der Waals surface area contributed by atoms with Crippen molar-refractivity contribution < 1.29 is 22.7 Å². The van der Waals surface area contributed by atoms with Gasteiger partial charge in [0.25, 0.3) is 10.0 Å². The van der Waals surface area contributed by atoms with Gasteiger partial charge in [-0.2, -0.15) is 4.31 Å². The van der Waals surface area contributed by atoms with Crippen LogP contribution in [0.1, 0.15) is 61.3 Å². The van der Waals surface area contributed by atoms with E-state index in [0.717, 1.165) is 21.8 Å². The Labute approximate surface area is 219 Å². The van der Waals surface area contributed by atoms with Gasteiger partial charge < -0.3 is 15.4 Å². The fourth-order valence-corrected chi connectivity index (χ4v) is 9.51. The van der Waals surface area contributed by atoms with Crippen LogP contribution in [0.2, 0.25) is 4.34 Å². The number of rotatable bonds is 5. The molecule has 0 radical (unpaired) electrons. The van der Waals surface area contributed by atoms with E-state index in [9.17, 15) is 18.0 Å². The molecule has 2 N–H and O–H groups in total. The van der Waals surface area contributed by atoms with Crippen molar-refractivity contribution in [2.45, 2.75) is 62.2 Å². The average molecular weight is 560 g/mol. The van der Waals surface area contributed by atoms with Crippen LogP contribution in [0.15, 0.2) is 16.3 Å². The summed E-state index contributed by atoms with van der Waals surface area (Å²) in [6.45, 7) is 8.67. The zero-order valence-corrected chi connectivity index (χ0v) is 23.6. The summed E-state index contributed by atoms with van der Waals surface area (Å²) in [6.07, 6.45) is 1.73. The lowest BCUT2D eigenvalue weighted by Gasteiger charge is -2.42. The van der Waals surface area contributed by atoms with Crippen LogP contribution in [0.3, 0.4) is 0 Å². The van der Waals surface area contributed by atoms with E-state index < -0.39 is 27.4 Å². The highest BCUT2D eigenvalue weighted by Gasteiger charge is 2.42. The van der Waals surface area contributed by atoms with Crippen LogP contribution in [-0.4, -0.2) is 50.3 Å². The number of carbonyl (C=O) groups is 2. The van der Waals surface area contributed by atoms with E-state index >= 15 is 0 Å². The van der Waals surface area contributed by atoms with Crippen LogP contribution in [0.4, 0.5) is 5.00 Å². The topological polar surface area (TPSA) is 105 Å². The highest BCUT2D eigenvalue weighted by atomic mass is 35.5. The molecule has 1 atom stereocenters. The number of amides is 1. The molecule has 1 amide bonds. The Bertz CT molecular complexity index is 1270. The standard InChI is InChI=1S/C23H30ClN3O5S3/c1-22(2)11-14-17(21(29)32-5)20(34-18(14)23(3,4)26-22)25-19(28)13-7-6-10-27(12-13)35(30,31)16-9-8-15(24)33-16/h8-9,13,26H,6-7,10-12H2,1-5H3,(H,25,28). The van der Waals surface area contributed by atoms with Gasteiger partial charge in [0.15, 0.2) is 0 Å². The lowest BCUT2D eigenvalue weighted by molar-refractivity contribution is -0.120. The third kappa shape index (κ3) is 5.17. The number of sulfonamides is 1. The molecule has 0 aliphatic carbocycles. The van der Waals surface area contributed by atoms with Gasteiger partial charge in [0.2, 0.25) is 5.91 Å². The van der Waals surface area contributed by atoms with Crippen molar-refractivity contribution in [1.29, 1.82) is 0 Å². The SMILES string of the molecule is COC(=O)c1c(NC(=O)C2CCCN(S(=O)(=O)c3ccc(Cl)s3)C2)sc2c1CC(C)(C)NC2(C)C. The third-order valence-corrected chi connectivity index (χ3v) is 11.4. The molecular formula is C23H30ClN3O5S3. The van der Waals surface area contributed by atoms with Crippen molar-refractivity contribution in [3.63, 3.8) is 0 Å². The third-order valence-electron chi connectivity index (χ3n) is 6.37. The molecule has 8 nitrogen and oxygen atoms in total. The van der Waals surface area contributed by atoms with Crippen molar-refractivity contribution in [3.05, 3.63) is 32.5 Å². The van der Waals surface area contributed by atoms with E-state index in [2.05, 4.69) is 38.3 Å². The largest absolute Gasteiger partial charge is 0.465 e. The second-order valence-corrected chi connectivity index (χ2v) is 15.1. The summed E-state index contributed by atoms with van der Waals surface area (Å²) < 4.78 is 33.1. The summed E-state index contributed by atoms with van der Waals surface area (Å²) >= 11 is 8.31. The molecule has 0 bridgehead atoms. The Morgan fingerprint density at radius 1 is 1.23 bits per heavy atom.